The number of rotatable bonds is 5. The summed E-state index contributed by atoms with van der Waals surface area (Å²) in [5.74, 6) is 0.0514. The molecule has 0 aliphatic rings. The quantitative estimate of drug-likeness (QED) is 0.855. The molecule has 2 aromatic rings. The molecule has 6 nitrogen and oxygen atoms in total. The van der Waals surface area contributed by atoms with Crippen molar-refractivity contribution in [2.45, 2.75) is 20.3 Å². The summed E-state index contributed by atoms with van der Waals surface area (Å²) in [6.07, 6.45) is 0.898. The number of nitrogens with zero attached hydrogens (tertiary/aromatic N) is 2. The summed E-state index contributed by atoms with van der Waals surface area (Å²) >= 11 is 0. The number of nitrogens with two attached hydrogens (primary N) is 1. The Kier molecular flexibility index (Phi) is 3.79. The lowest BCUT2D eigenvalue weighted by Crippen LogP contribution is -2.13. The molecule has 0 aliphatic carbocycles. The Hall–Kier alpha value is -2.37. The minimum Gasteiger partial charge on any atom is -0.493 e. The van der Waals surface area contributed by atoms with Gasteiger partial charge in [-0.1, -0.05) is 18.6 Å². The number of H-pyrrole nitrogens is 1. The first-order valence-corrected chi connectivity index (χ1v) is 6.08. The van der Waals surface area contributed by atoms with Gasteiger partial charge in [-0.2, -0.15) is 15.4 Å². The minimum atomic E-state index is -0.619. The van der Waals surface area contributed by atoms with Crippen LogP contribution in [0.25, 0.3) is 11.3 Å². The maximum atomic E-state index is 11.3. The van der Waals surface area contributed by atoms with Crippen molar-refractivity contribution >= 4 is 5.91 Å². The van der Waals surface area contributed by atoms with Crippen LogP contribution in [-0.4, -0.2) is 27.9 Å². The van der Waals surface area contributed by atoms with Gasteiger partial charge in [0, 0.05) is 5.56 Å². The molecular formula is C13H16N4O2. The molecule has 0 aliphatic heterocycles. The molecule has 3 N–H and O–H groups in total. The van der Waals surface area contributed by atoms with Crippen LogP contribution in [0.2, 0.25) is 0 Å². The molecule has 19 heavy (non-hydrogen) atoms. The number of carbonyl (C=O) groups excluding carboxylic acids is 1. The van der Waals surface area contributed by atoms with Crippen LogP contribution in [0.4, 0.5) is 0 Å². The van der Waals surface area contributed by atoms with Crippen LogP contribution in [0.1, 0.15) is 29.4 Å². The molecule has 0 bridgehead atoms. The van der Waals surface area contributed by atoms with Crippen LogP contribution in [0, 0.1) is 6.92 Å². The summed E-state index contributed by atoms with van der Waals surface area (Å²) in [5, 5.41) is 10.2. The van der Waals surface area contributed by atoms with Gasteiger partial charge in [0.05, 0.1) is 6.61 Å². The van der Waals surface area contributed by atoms with Crippen LogP contribution >= 0.6 is 0 Å². The van der Waals surface area contributed by atoms with E-state index < -0.39 is 5.91 Å². The Balaban J connectivity index is 2.50. The van der Waals surface area contributed by atoms with Gasteiger partial charge in [0.25, 0.3) is 5.91 Å². The second-order valence-electron chi connectivity index (χ2n) is 4.23. The number of aromatic amines is 1. The van der Waals surface area contributed by atoms with Crippen molar-refractivity contribution < 1.29 is 9.53 Å². The second kappa shape index (κ2) is 5.51. The average Bonchev–Trinajstić information content (AvgIpc) is 2.86. The van der Waals surface area contributed by atoms with Gasteiger partial charge in [-0.15, -0.1) is 0 Å². The summed E-state index contributed by atoms with van der Waals surface area (Å²) in [6, 6.07) is 5.70. The predicted molar refractivity (Wildman–Crippen MR) is 70.9 cm³/mol. The Morgan fingerprint density at radius 2 is 2.21 bits per heavy atom. The molecule has 0 fully saturated rings. The highest BCUT2D eigenvalue weighted by molar-refractivity contribution is 5.97. The highest BCUT2D eigenvalue weighted by Gasteiger charge is 2.18. The third kappa shape index (κ3) is 2.73. The third-order valence-corrected chi connectivity index (χ3v) is 2.63. The van der Waals surface area contributed by atoms with Gasteiger partial charge in [-0.25, -0.2) is 0 Å². The highest BCUT2D eigenvalue weighted by atomic mass is 16.5. The number of primary amides is 1. The van der Waals surface area contributed by atoms with E-state index in [2.05, 4.69) is 15.4 Å². The lowest BCUT2D eigenvalue weighted by molar-refractivity contribution is 0.0996. The number of carbonyl (C=O) groups is 1. The third-order valence-electron chi connectivity index (χ3n) is 2.63. The van der Waals surface area contributed by atoms with E-state index in [1.54, 1.807) is 0 Å². The molecule has 1 amide bonds. The van der Waals surface area contributed by atoms with E-state index in [4.69, 9.17) is 10.5 Å². The Morgan fingerprint density at radius 1 is 1.42 bits per heavy atom. The normalized spacial score (nSPS) is 10.4. The van der Waals surface area contributed by atoms with Gasteiger partial charge in [0.2, 0.25) is 0 Å². The van der Waals surface area contributed by atoms with Crippen molar-refractivity contribution in [1.29, 1.82) is 0 Å². The van der Waals surface area contributed by atoms with E-state index in [1.165, 1.54) is 0 Å². The zero-order valence-electron chi connectivity index (χ0n) is 10.9. The average molecular weight is 260 g/mol. The molecule has 100 valence electrons. The summed E-state index contributed by atoms with van der Waals surface area (Å²) in [4.78, 5) is 11.3. The number of hydrogen-bond donors (Lipinski definition) is 2. The second-order valence-corrected chi connectivity index (χ2v) is 4.23. The fourth-order valence-electron chi connectivity index (χ4n) is 1.76. The summed E-state index contributed by atoms with van der Waals surface area (Å²) in [5.41, 5.74) is 7.58. The number of hydrogen-bond acceptors (Lipinski definition) is 4. The molecule has 0 unspecified atom stereocenters. The SMILES string of the molecule is CCCOc1ccc(C)cc1-c1n[nH]nc1C(N)=O. The standard InChI is InChI=1S/C13H16N4O2/c1-3-6-19-10-5-4-8(2)7-9(10)11-12(13(14)18)16-17-15-11/h4-5,7H,3,6H2,1-2H3,(H2,14,18)(H,15,16,17). The molecule has 0 saturated heterocycles. The molecular weight excluding hydrogens is 244 g/mol. The van der Waals surface area contributed by atoms with Gasteiger partial charge < -0.3 is 10.5 Å². The predicted octanol–water partition coefficient (Wildman–Crippen LogP) is 1.67. The number of ether oxygens (including phenoxy) is 1. The van der Waals surface area contributed by atoms with Crippen molar-refractivity contribution in [3.63, 3.8) is 0 Å². The van der Waals surface area contributed by atoms with E-state index in [9.17, 15) is 4.79 Å². The van der Waals surface area contributed by atoms with E-state index in [0.717, 1.165) is 17.5 Å². The Bertz CT molecular complexity index is 592. The fourth-order valence-corrected chi connectivity index (χ4v) is 1.76. The first-order valence-electron chi connectivity index (χ1n) is 6.08. The van der Waals surface area contributed by atoms with Crippen molar-refractivity contribution in [2.24, 2.45) is 5.73 Å². The maximum Gasteiger partial charge on any atom is 0.271 e. The topological polar surface area (TPSA) is 93.9 Å². The van der Waals surface area contributed by atoms with Crippen LogP contribution < -0.4 is 10.5 Å². The summed E-state index contributed by atoms with van der Waals surface area (Å²) in [6.45, 7) is 4.58. The molecule has 1 aromatic carbocycles. The number of amides is 1. The van der Waals surface area contributed by atoms with Crippen molar-refractivity contribution in [3.05, 3.63) is 29.5 Å². The monoisotopic (exact) mass is 260 g/mol. The van der Waals surface area contributed by atoms with Crippen LogP contribution in [-0.2, 0) is 0 Å². The molecule has 6 heteroatoms. The number of aromatic nitrogens is 3. The van der Waals surface area contributed by atoms with E-state index in [1.807, 2.05) is 32.0 Å². The fraction of sp³-hybridized carbons (Fsp3) is 0.308. The van der Waals surface area contributed by atoms with Crippen LogP contribution in [0.5, 0.6) is 5.75 Å². The smallest absolute Gasteiger partial charge is 0.271 e. The first-order chi connectivity index (χ1) is 9.13. The van der Waals surface area contributed by atoms with Gasteiger partial charge in [-0.05, 0) is 25.5 Å². The lowest BCUT2D eigenvalue weighted by atomic mass is 10.1. The molecule has 1 heterocycles. The molecule has 0 saturated carbocycles. The van der Waals surface area contributed by atoms with E-state index >= 15 is 0 Å². The molecule has 0 spiro atoms. The van der Waals surface area contributed by atoms with Gasteiger partial charge in [-0.3, -0.25) is 4.79 Å². The van der Waals surface area contributed by atoms with Crippen molar-refractivity contribution in [2.75, 3.05) is 6.61 Å². The molecule has 0 atom stereocenters. The van der Waals surface area contributed by atoms with Crippen LogP contribution in [0.3, 0.4) is 0 Å². The Labute approximate surface area is 111 Å². The highest BCUT2D eigenvalue weighted by Crippen LogP contribution is 2.31. The number of nitrogens with one attached hydrogen (secondary N) is 1. The largest absolute Gasteiger partial charge is 0.493 e. The first kappa shape index (κ1) is 13.1. The minimum absolute atomic E-state index is 0.118. The Morgan fingerprint density at radius 3 is 2.89 bits per heavy atom. The summed E-state index contributed by atoms with van der Waals surface area (Å²) in [7, 11) is 0. The zero-order valence-corrected chi connectivity index (χ0v) is 10.9. The molecule has 0 radical (unpaired) electrons. The maximum absolute atomic E-state index is 11.3. The number of benzene rings is 1. The van der Waals surface area contributed by atoms with Gasteiger partial charge in [0.1, 0.15) is 11.4 Å². The van der Waals surface area contributed by atoms with E-state index in [-0.39, 0.29) is 5.69 Å². The van der Waals surface area contributed by atoms with E-state index in [0.29, 0.717) is 18.1 Å². The summed E-state index contributed by atoms with van der Waals surface area (Å²) < 4.78 is 5.67. The molecule has 1 aromatic heterocycles. The van der Waals surface area contributed by atoms with Gasteiger partial charge in [0.15, 0.2) is 5.69 Å². The zero-order chi connectivity index (χ0) is 13.8. The molecule has 2 rings (SSSR count). The lowest BCUT2D eigenvalue weighted by Gasteiger charge is -2.10. The van der Waals surface area contributed by atoms with Crippen molar-refractivity contribution in [3.8, 4) is 17.0 Å². The number of aryl methyl sites for hydroxylation is 1. The van der Waals surface area contributed by atoms with Crippen molar-refractivity contribution in [1.82, 2.24) is 15.4 Å². The van der Waals surface area contributed by atoms with Gasteiger partial charge >= 0.3 is 0 Å². The van der Waals surface area contributed by atoms with Crippen LogP contribution in [0.15, 0.2) is 18.2 Å².